The fourth-order valence-corrected chi connectivity index (χ4v) is 4.58. The molecule has 0 saturated carbocycles. The number of aromatic nitrogens is 2. The number of nitrogens with zero attached hydrogens (tertiary/aromatic N) is 3. The third kappa shape index (κ3) is 4.34. The third-order valence-corrected chi connectivity index (χ3v) is 6.53. The van der Waals surface area contributed by atoms with E-state index in [4.69, 9.17) is 0 Å². The molecule has 6 heteroatoms. The summed E-state index contributed by atoms with van der Waals surface area (Å²) < 4.78 is 1.32. The molecule has 1 aromatic heterocycles. The maximum Gasteiger partial charge on any atom is 0.328 e. The Bertz CT molecular complexity index is 1380. The Kier molecular flexibility index (Phi) is 5.84. The second kappa shape index (κ2) is 9.08. The highest BCUT2D eigenvalue weighted by Gasteiger charge is 2.17. The van der Waals surface area contributed by atoms with Crippen molar-refractivity contribution in [2.24, 2.45) is 0 Å². The van der Waals surface area contributed by atoms with Gasteiger partial charge in [0.15, 0.2) is 0 Å². The monoisotopic (exact) mass is 440 g/mol. The molecule has 0 radical (unpaired) electrons. The molecule has 168 valence electrons. The molecule has 0 atom stereocenters. The number of para-hydroxylation sites is 1. The van der Waals surface area contributed by atoms with Crippen LogP contribution in [-0.2, 0) is 13.0 Å². The van der Waals surface area contributed by atoms with Gasteiger partial charge in [0.2, 0.25) is 0 Å². The van der Waals surface area contributed by atoms with Crippen LogP contribution < -0.4 is 16.1 Å². The molecular weight excluding hydrogens is 412 g/mol. The van der Waals surface area contributed by atoms with Gasteiger partial charge < -0.3 is 14.8 Å². The van der Waals surface area contributed by atoms with E-state index in [1.165, 1.54) is 10.3 Å². The highest BCUT2D eigenvalue weighted by atomic mass is 16.2. The Balaban J connectivity index is 1.42. The number of piperazine rings is 1. The topological polar surface area (TPSA) is 61.3 Å². The van der Waals surface area contributed by atoms with Crippen LogP contribution in [0.4, 0.5) is 5.69 Å². The van der Waals surface area contributed by atoms with Crippen LogP contribution >= 0.6 is 0 Å². The van der Waals surface area contributed by atoms with Gasteiger partial charge in [0.05, 0.1) is 10.9 Å². The van der Waals surface area contributed by atoms with Crippen LogP contribution in [-0.4, -0.2) is 47.7 Å². The van der Waals surface area contributed by atoms with E-state index in [1.807, 2.05) is 54.6 Å². The zero-order valence-corrected chi connectivity index (χ0v) is 18.8. The molecule has 1 fully saturated rings. The number of hydrogen-bond acceptors (Lipinski definition) is 4. The van der Waals surface area contributed by atoms with Crippen molar-refractivity contribution >= 4 is 16.6 Å². The average molecular weight is 441 g/mol. The second-order valence-corrected chi connectivity index (χ2v) is 8.68. The van der Waals surface area contributed by atoms with E-state index in [-0.39, 0.29) is 11.2 Å². The van der Waals surface area contributed by atoms with Gasteiger partial charge in [0, 0.05) is 38.4 Å². The Morgan fingerprint density at radius 2 is 1.55 bits per heavy atom. The zero-order chi connectivity index (χ0) is 22.8. The number of benzene rings is 3. The fraction of sp³-hybridized carbons (Fsp3) is 0.259. The third-order valence-electron chi connectivity index (χ3n) is 6.53. The Morgan fingerprint density at radius 3 is 2.33 bits per heavy atom. The summed E-state index contributed by atoms with van der Waals surface area (Å²) >= 11 is 0. The molecule has 1 aliphatic rings. The molecule has 1 aliphatic heterocycles. The number of nitrogens with one attached hydrogen (secondary N) is 1. The van der Waals surface area contributed by atoms with E-state index in [9.17, 15) is 9.59 Å². The number of hydrogen-bond donors (Lipinski definition) is 1. The standard InChI is InChI=1S/C27H28N4O2/c1-29-15-17-30(18-16-29)25-10-6-5-9-21(25)13-14-31-26(32)23-12-11-22(19-24(23)28-27(31)33)20-7-3-2-4-8-20/h2-12,19H,13-18H2,1H3,(H,28,33). The van der Waals surface area contributed by atoms with Gasteiger partial charge in [0.25, 0.3) is 5.56 Å². The van der Waals surface area contributed by atoms with Gasteiger partial charge in [-0.3, -0.25) is 9.36 Å². The smallest absolute Gasteiger partial charge is 0.328 e. The summed E-state index contributed by atoms with van der Waals surface area (Å²) in [6.45, 7) is 4.36. The minimum absolute atomic E-state index is 0.245. The van der Waals surface area contributed by atoms with Crippen molar-refractivity contribution in [2.75, 3.05) is 38.1 Å². The number of anilines is 1. The lowest BCUT2D eigenvalue weighted by Crippen LogP contribution is -2.44. The lowest BCUT2D eigenvalue weighted by Gasteiger charge is -2.35. The van der Waals surface area contributed by atoms with Gasteiger partial charge in [-0.2, -0.15) is 0 Å². The number of rotatable bonds is 5. The maximum atomic E-state index is 13.2. The summed E-state index contributed by atoms with van der Waals surface area (Å²) in [5, 5.41) is 0.529. The van der Waals surface area contributed by atoms with Gasteiger partial charge in [-0.05, 0) is 48.4 Å². The first-order chi connectivity index (χ1) is 16.1. The van der Waals surface area contributed by atoms with E-state index < -0.39 is 0 Å². The molecule has 4 aromatic rings. The summed E-state index contributed by atoms with van der Waals surface area (Å²) in [6, 6.07) is 23.9. The van der Waals surface area contributed by atoms with E-state index in [0.717, 1.165) is 42.9 Å². The predicted molar refractivity (Wildman–Crippen MR) is 134 cm³/mol. The van der Waals surface area contributed by atoms with E-state index >= 15 is 0 Å². The van der Waals surface area contributed by atoms with Gasteiger partial charge in [-0.25, -0.2) is 4.79 Å². The van der Waals surface area contributed by atoms with Crippen LogP contribution in [0.15, 0.2) is 82.4 Å². The normalized spacial score (nSPS) is 14.6. The maximum absolute atomic E-state index is 13.2. The number of H-pyrrole nitrogens is 1. The molecule has 33 heavy (non-hydrogen) atoms. The van der Waals surface area contributed by atoms with Crippen LogP contribution in [0, 0.1) is 0 Å². The lowest BCUT2D eigenvalue weighted by molar-refractivity contribution is 0.312. The van der Waals surface area contributed by atoms with Crippen molar-refractivity contribution in [3.8, 4) is 11.1 Å². The summed E-state index contributed by atoms with van der Waals surface area (Å²) in [6.07, 6.45) is 0.624. The number of aromatic amines is 1. The molecule has 2 heterocycles. The van der Waals surface area contributed by atoms with E-state index in [2.05, 4.69) is 40.0 Å². The molecule has 0 unspecified atom stereocenters. The molecule has 0 aliphatic carbocycles. The van der Waals surface area contributed by atoms with Crippen molar-refractivity contribution in [1.82, 2.24) is 14.5 Å². The molecule has 0 spiro atoms. The highest BCUT2D eigenvalue weighted by molar-refractivity contribution is 5.83. The Morgan fingerprint density at radius 1 is 0.818 bits per heavy atom. The van der Waals surface area contributed by atoms with Gasteiger partial charge in [-0.15, -0.1) is 0 Å². The van der Waals surface area contributed by atoms with Gasteiger partial charge in [-0.1, -0.05) is 54.6 Å². The first-order valence-electron chi connectivity index (χ1n) is 11.4. The van der Waals surface area contributed by atoms with Gasteiger partial charge >= 0.3 is 5.69 Å². The first-order valence-corrected chi connectivity index (χ1v) is 11.4. The van der Waals surface area contributed by atoms with Crippen molar-refractivity contribution < 1.29 is 0 Å². The Labute approximate surface area is 192 Å². The lowest BCUT2D eigenvalue weighted by atomic mass is 10.0. The average Bonchev–Trinajstić information content (AvgIpc) is 2.85. The highest BCUT2D eigenvalue weighted by Crippen LogP contribution is 2.23. The van der Waals surface area contributed by atoms with Crippen molar-refractivity contribution in [3.63, 3.8) is 0 Å². The number of likely N-dealkylation sites (N-methyl/N-ethyl adjacent to an activating group) is 1. The number of fused-ring (bicyclic) bond motifs is 1. The minimum Gasteiger partial charge on any atom is -0.369 e. The molecule has 3 aromatic carbocycles. The SMILES string of the molecule is CN1CCN(c2ccccc2CCn2c(=O)[nH]c3cc(-c4ccccc4)ccc3c2=O)CC1. The summed E-state index contributed by atoms with van der Waals surface area (Å²) in [5.41, 5.74) is 4.33. The molecule has 1 saturated heterocycles. The first kappa shape index (κ1) is 21.2. The molecule has 5 rings (SSSR count). The van der Waals surface area contributed by atoms with Crippen LogP contribution in [0.3, 0.4) is 0 Å². The number of aryl methyl sites for hydroxylation is 1. The van der Waals surface area contributed by atoms with Crippen molar-refractivity contribution in [1.29, 1.82) is 0 Å². The fourth-order valence-electron chi connectivity index (χ4n) is 4.58. The minimum atomic E-state index is -0.366. The predicted octanol–water partition coefficient (Wildman–Crippen LogP) is 3.35. The van der Waals surface area contributed by atoms with Crippen molar-refractivity contribution in [3.05, 3.63) is 99.2 Å². The molecule has 1 N–H and O–H groups in total. The molecule has 0 amide bonds. The Hall–Kier alpha value is -3.64. The van der Waals surface area contributed by atoms with Crippen LogP contribution in [0.25, 0.3) is 22.0 Å². The molecule has 6 nitrogen and oxygen atoms in total. The largest absolute Gasteiger partial charge is 0.369 e. The van der Waals surface area contributed by atoms with Crippen LogP contribution in [0.5, 0.6) is 0 Å². The van der Waals surface area contributed by atoms with E-state index in [1.54, 1.807) is 0 Å². The van der Waals surface area contributed by atoms with E-state index in [0.29, 0.717) is 23.9 Å². The second-order valence-electron chi connectivity index (χ2n) is 8.68. The quantitative estimate of drug-likeness (QED) is 0.517. The van der Waals surface area contributed by atoms with Crippen LogP contribution in [0.1, 0.15) is 5.56 Å². The van der Waals surface area contributed by atoms with Gasteiger partial charge in [0.1, 0.15) is 0 Å². The summed E-state index contributed by atoms with van der Waals surface area (Å²) in [5.74, 6) is 0. The zero-order valence-electron chi connectivity index (χ0n) is 18.8. The van der Waals surface area contributed by atoms with Crippen LogP contribution in [0.2, 0.25) is 0 Å². The molecule has 0 bridgehead atoms. The molecular formula is C27H28N4O2. The van der Waals surface area contributed by atoms with Crippen molar-refractivity contribution in [2.45, 2.75) is 13.0 Å². The summed E-state index contributed by atoms with van der Waals surface area (Å²) in [4.78, 5) is 33.7. The summed E-state index contributed by atoms with van der Waals surface area (Å²) in [7, 11) is 2.14.